The molecule has 4 aromatic heterocycles. The molecule has 0 radical (unpaired) electrons. The van der Waals surface area contributed by atoms with Gasteiger partial charge in [0.05, 0.1) is 11.4 Å². The minimum Gasteiger partial charge on any atom is -0.384 e. The highest BCUT2D eigenvalue weighted by Gasteiger charge is 2.16. The van der Waals surface area contributed by atoms with E-state index in [1.54, 1.807) is 12.1 Å². The van der Waals surface area contributed by atoms with Crippen LogP contribution in [0.2, 0.25) is 0 Å². The van der Waals surface area contributed by atoms with Crippen molar-refractivity contribution in [3.05, 3.63) is 84.6 Å². The number of likely N-dealkylation sites (tertiary alicyclic amines) is 1. The van der Waals surface area contributed by atoms with Gasteiger partial charge in [0, 0.05) is 71.3 Å². The van der Waals surface area contributed by atoms with E-state index in [4.69, 9.17) is 0 Å². The van der Waals surface area contributed by atoms with Crippen LogP contribution in [-0.2, 0) is 6.54 Å². The second-order valence-corrected chi connectivity index (χ2v) is 11.7. The van der Waals surface area contributed by atoms with Gasteiger partial charge in [-0.05, 0) is 99.2 Å². The summed E-state index contributed by atoms with van der Waals surface area (Å²) in [5, 5.41) is 13.0. The largest absolute Gasteiger partial charge is 0.384 e. The van der Waals surface area contributed by atoms with Crippen LogP contribution in [0.5, 0.6) is 0 Å². The number of benzene rings is 2. The molecular formula is C34H35FN8. The van der Waals surface area contributed by atoms with Gasteiger partial charge < -0.3 is 15.2 Å². The number of anilines is 1. The topological polar surface area (TPSA) is 88.8 Å². The number of hydrogen-bond acceptors (Lipinski definition) is 6. The summed E-state index contributed by atoms with van der Waals surface area (Å²) >= 11 is 0. The number of fused-ring (bicyclic) bond motifs is 2. The van der Waals surface area contributed by atoms with Gasteiger partial charge in [-0.15, -0.1) is 0 Å². The average molecular weight is 575 g/mol. The first-order chi connectivity index (χ1) is 21.0. The maximum absolute atomic E-state index is 14.7. The predicted octanol–water partition coefficient (Wildman–Crippen LogP) is 6.54. The van der Waals surface area contributed by atoms with Crippen LogP contribution in [0.3, 0.4) is 0 Å². The Morgan fingerprint density at radius 3 is 2.65 bits per heavy atom. The van der Waals surface area contributed by atoms with Gasteiger partial charge in [-0.3, -0.25) is 15.0 Å². The summed E-state index contributed by atoms with van der Waals surface area (Å²) in [5.41, 5.74) is 9.16. The van der Waals surface area contributed by atoms with E-state index >= 15 is 0 Å². The van der Waals surface area contributed by atoms with Crippen molar-refractivity contribution in [3.63, 3.8) is 0 Å². The molecule has 0 bridgehead atoms. The molecule has 9 heteroatoms. The van der Waals surface area contributed by atoms with Crippen LogP contribution in [0.15, 0.2) is 73.2 Å². The highest BCUT2D eigenvalue weighted by atomic mass is 19.1. The second-order valence-electron chi connectivity index (χ2n) is 11.7. The number of aromatic nitrogens is 5. The first-order valence-corrected chi connectivity index (χ1v) is 14.8. The lowest BCUT2D eigenvalue weighted by Crippen LogP contribution is -2.20. The minimum absolute atomic E-state index is 0.269. The number of hydrogen-bond donors (Lipinski definition) is 3. The molecule has 43 heavy (non-hydrogen) atoms. The lowest BCUT2D eigenvalue weighted by Gasteiger charge is -2.14. The normalized spacial score (nSPS) is 14.0. The molecule has 0 spiro atoms. The molecule has 1 fully saturated rings. The Balaban J connectivity index is 1.22. The molecule has 0 amide bonds. The van der Waals surface area contributed by atoms with Crippen molar-refractivity contribution in [2.45, 2.75) is 19.4 Å². The van der Waals surface area contributed by atoms with E-state index in [1.807, 2.05) is 57.0 Å². The van der Waals surface area contributed by atoms with E-state index in [9.17, 15) is 4.39 Å². The first-order valence-electron chi connectivity index (χ1n) is 14.8. The average Bonchev–Trinajstić information content (AvgIpc) is 3.76. The molecule has 1 saturated heterocycles. The van der Waals surface area contributed by atoms with Crippen molar-refractivity contribution >= 4 is 27.6 Å². The highest BCUT2D eigenvalue weighted by Crippen LogP contribution is 2.36. The van der Waals surface area contributed by atoms with E-state index in [-0.39, 0.29) is 5.82 Å². The van der Waals surface area contributed by atoms with Crippen molar-refractivity contribution in [2.24, 2.45) is 0 Å². The van der Waals surface area contributed by atoms with Crippen molar-refractivity contribution in [2.75, 3.05) is 45.6 Å². The third kappa shape index (κ3) is 5.74. The van der Waals surface area contributed by atoms with Gasteiger partial charge >= 0.3 is 0 Å². The van der Waals surface area contributed by atoms with Crippen LogP contribution < -0.4 is 5.32 Å². The van der Waals surface area contributed by atoms with Crippen molar-refractivity contribution < 1.29 is 4.39 Å². The Morgan fingerprint density at radius 1 is 0.930 bits per heavy atom. The van der Waals surface area contributed by atoms with E-state index in [1.165, 1.54) is 18.4 Å². The first kappa shape index (κ1) is 27.2. The zero-order valence-corrected chi connectivity index (χ0v) is 24.5. The quantitative estimate of drug-likeness (QED) is 0.182. The molecule has 8 nitrogen and oxygen atoms in total. The summed E-state index contributed by atoms with van der Waals surface area (Å²) in [4.78, 5) is 17.3. The molecule has 0 unspecified atom stereocenters. The minimum atomic E-state index is -0.269. The number of likely N-dealkylation sites (N-methyl/N-ethyl adjacent to an activating group) is 1. The molecule has 7 rings (SSSR count). The molecule has 6 aromatic rings. The number of halogens is 1. The van der Waals surface area contributed by atoms with Gasteiger partial charge in [0.1, 0.15) is 5.82 Å². The van der Waals surface area contributed by atoms with Gasteiger partial charge in [-0.1, -0.05) is 12.1 Å². The lowest BCUT2D eigenvalue weighted by molar-refractivity contribution is 0.331. The monoisotopic (exact) mass is 574 g/mol. The van der Waals surface area contributed by atoms with Crippen LogP contribution in [-0.4, -0.2) is 75.2 Å². The van der Waals surface area contributed by atoms with E-state index < -0.39 is 0 Å². The number of pyridine rings is 2. The fourth-order valence-electron chi connectivity index (χ4n) is 6.01. The molecule has 0 aliphatic carbocycles. The molecule has 1 aliphatic rings. The van der Waals surface area contributed by atoms with Gasteiger partial charge in [-0.2, -0.15) is 5.10 Å². The summed E-state index contributed by atoms with van der Waals surface area (Å²) in [6.07, 6.45) is 8.25. The summed E-state index contributed by atoms with van der Waals surface area (Å²) in [6.45, 7) is 4.81. The predicted molar refractivity (Wildman–Crippen MR) is 171 cm³/mol. The molecule has 2 aromatic carbocycles. The summed E-state index contributed by atoms with van der Waals surface area (Å²) < 4.78 is 14.7. The molecule has 0 saturated carbocycles. The van der Waals surface area contributed by atoms with Crippen LogP contribution in [0.25, 0.3) is 55.6 Å². The Kier molecular flexibility index (Phi) is 7.34. The third-order valence-corrected chi connectivity index (χ3v) is 8.17. The van der Waals surface area contributed by atoms with Crippen molar-refractivity contribution in [1.82, 2.24) is 34.9 Å². The Bertz CT molecular complexity index is 1900. The Morgan fingerprint density at radius 2 is 1.79 bits per heavy atom. The van der Waals surface area contributed by atoms with Crippen LogP contribution in [0, 0.1) is 5.82 Å². The Labute approximate surface area is 250 Å². The van der Waals surface area contributed by atoms with Gasteiger partial charge in [-0.25, -0.2) is 9.37 Å². The zero-order chi connectivity index (χ0) is 29.3. The van der Waals surface area contributed by atoms with Gasteiger partial charge in [0.2, 0.25) is 0 Å². The summed E-state index contributed by atoms with van der Waals surface area (Å²) in [5.74, 6) is -0.269. The summed E-state index contributed by atoms with van der Waals surface area (Å²) in [6, 6.07) is 17.7. The molecule has 0 atom stereocenters. The number of nitrogens with zero attached hydrogens (tertiary/aromatic N) is 5. The van der Waals surface area contributed by atoms with Crippen LogP contribution in [0.1, 0.15) is 18.4 Å². The fraction of sp³-hybridized carbons (Fsp3) is 0.265. The molecule has 218 valence electrons. The molecule has 3 N–H and O–H groups in total. The van der Waals surface area contributed by atoms with Crippen LogP contribution >= 0.6 is 0 Å². The van der Waals surface area contributed by atoms with Crippen molar-refractivity contribution in [1.29, 1.82) is 0 Å². The number of aromatic amines is 2. The number of nitrogens with one attached hydrogen (secondary N) is 3. The Hall–Kier alpha value is -4.60. The SMILES string of the molecule is CN(C)CCNc1cc(F)cc(-c2cccc3[nH]c(-c4[nH]nc5ncc(-c6cncc(CN7CCCC7)c6)cc45)cc23)c1. The van der Waals surface area contributed by atoms with Gasteiger partial charge in [0.15, 0.2) is 5.65 Å². The molecule has 1 aliphatic heterocycles. The van der Waals surface area contributed by atoms with Gasteiger partial charge in [0.25, 0.3) is 0 Å². The molecule has 5 heterocycles. The maximum atomic E-state index is 14.7. The van der Waals surface area contributed by atoms with Crippen LogP contribution in [0.4, 0.5) is 10.1 Å². The van der Waals surface area contributed by atoms with Crippen molar-refractivity contribution in [3.8, 4) is 33.6 Å². The lowest BCUT2D eigenvalue weighted by atomic mass is 10.0. The smallest absolute Gasteiger partial charge is 0.181 e. The standard InChI is InChI=1S/C34H35FN8/c1-42(2)11-8-37-27-14-23(13-26(35)16-27)28-6-5-7-31-29(28)17-32(39-31)33-30-15-25(20-38-34(30)41-40-33)24-12-22(18-36-19-24)21-43-9-3-4-10-43/h5-7,12-20,37,39H,3-4,8-11,21H2,1-2H3,(H,38,40,41). The van der Waals surface area contributed by atoms with E-state index in [2.05, 4.69) is 58.5 Å². The van der Waals surface area contributed by atoms with E-state index in [0.29, 0.717) is 5.65 Å². The number of rotatable bonds is 9. The second kappa shape index (κ2) is 11.6. The fourth-order valence-corrected chi connectivity index (χ4v) is 6.01. The number of H-pyrrole nitrogens is 2. The third-order valence-electron chi connectivity index (χ3n) is 8.17. The molecular weight excluding hydrogens is 539 g/mol. The highest BCUT2D eigenvalue weighted by molar-refractivity contribution is 6.01. The zero-order valence-electron chi connectivity index (χ0n) is 24.5. The van der Waals surface area contributed by atoms with E-state index in [0.717, 1.165) is 88.3 Å². The maximum Gasteiger partial charge on any atom is 0.181 e. The summed E-state index contributed by atoms with van der Waals surface area (Å²) in [7, 11) is 4.04.